The third-order valence-corrected chi connectivity index (χ3v) is 2.98. The Kier molecular flexibility index (Phi) is 6.09. The van der Waals surface area contributed by atoms with Gasteiger partial charge in [-0.15, -0.1) is 0 Å². The molecule has 0 fully saturated rings. The van der Waals surface area contributed by atoms with Gasteiger partial charge >= 0.3 is 0 Å². The maximum Gasteiger partial charge on any atom is 0.0701 e. The predicted octanol–water partition coefficient (Wildman–Crippen LogP) is 4.64. The molecule has 0 unspecified atom stereocenters. The van der Waals surface area contributed by atoms with Crippen molar-refractivity contribution in [1.29, 1.82) is 0 Å². The van der Waals surface area contributed by atoms with E-state index in [0.29, 0.717) is 0 Å². The molecule has 0 aliphatic carbocycles. The number of pyridine rings is 1. The largest absolute Gasteiger partial charge is 0.344 e. The first-order valence-corrected chi connectivity index (χ1v) is 6.40. The summed E-state index contributed by atoms with van der Waals surface area (Å²) >= 11 is 0. The normalized spacial score (nSPS) is 9.83. The van der Waals surface area contributed by atoms with Crippen molar-refractivity contribution in [2.24, 2.45) is 0 Å². The van der Waals surface area contributed by atoms with Crippen LogP contribution in [0, 0.1) is 0 Å². The Hall–Kier alpha value is -1.67. The number of hydrogen-bond donors (Lipinski definition) is 1. The maximum atomic E-state index is 4.35. The van der Waals surface area contributed by atoms with Gasteiger partial charge in [0.25, 0.3) is 0 Å². The van der Waals surface area contributed by atoms with E-state index >= 15 is 0 Å². The standard InChI is InChI=1S/C16H19N.H3N/c1-2-3-4-7-14-9-11-15(12-10-14)16-8-5-6-13-17-16;/h5-6,8-13H,2-4,7H2,1H3;1H3. The molecular weight excluding hydrogens is 220 g/mol. The summed E-state index contributed by atoms with van der Waals surface area (Å²) in [5.74, 6) is 0. The average molecular weight is 242 g/mol. The fraction of sp³-hybridized carbons (Fsp3) is 0.312. The summed E-state index contributed by atoms with van der Waals surface area (Å²) in [7, 11) is 0. The van der Waals surface area contributed by atoms with Crippen molar-refractivity contribution < 1.29 is 0 Å². The highest BCUT2D eigenvalue weighted by Crippen LogP contribution is 2.17. The van der Waals surface area contributed by atoms with Crippen LogP contribution < -0.4 is 6.15 Å². The lowest BCUT2D eigenvalue weighted by atomic mass is 10.0. The number of rotatable bonds is 5. The predicted molar refractivity (Wildman–Crippen MR) is 77.9 cm³/mol. The fourth-order valence-corrected chi connectivity index (χ4v) is 1.95. The second-order valence-electron chi connectivity index (χ2n) is 4.37. The summed E-state index contributed by atoms with van der Waals surface area (Å²) in [6, 6.07) is 14.8. The minimum atomic E-state index is 0. The highest BCUT2D eigenvalue weighted by Gasteiger charge is 1.98. The second-order valence-corrected chi connectivity index (χ2v) is 4.37. The van der Waals surface area contributed by atoms with Crippen molar-refractivity contribution in [2.45, 2.75) is 32.6 Å². The Bertz CT molecular complexity index is 434. The van der Waals surface area contributed by atoms with Gasteiger partial charge in [0, 0.05) is 11.8 Å². The van der Waals surface area contributed by atoms with Gasteiger partial charge in [-0.25, -0.2) is 0 Å². The van der Waals surface area contributed by atoms with Gasteiger partial charge in [0.1, 0.15) is 0 Å². The van der Waals surface area contributed by atoms with Crippen LogP contribution in [0.25, 0.3) is 11.3 Å². The van der Waals surface area contributed by atoms with Crippen LogP contribution in [-0.2, 0) is 6.42 Å². The van der Waals surface area contributed by atoms with Gasteiger partial charge in [-0.3, -0.25) is 4.98 Å². The molecule has 0 saturated carbocycles. The molecule has 0 bridgehead atoms. The molecule has 1 aromatic heterocycles. The van der Waals surface area contributed by atoms with Gasteiger partial charge in [0.2, 0.25) is 0 Å². The van der Waals surface area contributed by atoms with Gasteiger partial charge in [0.05, 0.1) is 5.69 Å². The van der Waals surface area contributed by atoms with E-state index in [1.165, 1.54) is 36.8 Å². The van der Waals surface area contributed by atoms with E-state index in [1.807, 2.05) is 24.4 Å². The van der Waals surface area contributed by atoms with Crippen LogP contribution in [0.4, 0.5) is 0 Å². The van der Waals surface area contributed by atoms with Gasteiger partial charge in [-0.2, -0.15) is 0 Å². The molecule has 0 aliphatic rings. The van der Waals surface area contributed by atoms with Crippen molar-refractivity contribution in [3.63, 3.8) is 0 Å². The molecule has 2 aromatic rings. The minimum absolute atomic E-state index is 0. The summed E-state index contributed by atoms with van der Waals surface area (Å²) in [5.41, 5.74) is 3.68. The molecule has 0 atom stereocenters. The highest BCUT2D eigenvalue weighted by atomic mass is 14.7. The summed E-state index contributed by atoms with van der Waals surface area (Å²) in [6.07, 6.45) is 6.92. The van der Waals surface area contributed by atoms with Gasteiger partial charge in [-0.1, -0.05) is 50.1 Å². The van der Waals surface area contributed by atoms with Crippen molar-refractivity contribution in [1.82, 2.24) is 11.1 Å². The number of aryl methyl sites for hydroxylation is 1. The third-order valence-electron chi connectivity index (χ3n) is 2.98. The summed E-state index contributed by atoms with van der Waals surface area (Å²) in [5, 5.41) is 0. The van der Waals surface area contributed by atoms with Crippen LogP contribution in [0.1, 0.15) is 31.7 Å². The Balaban J connectivity index is 0.00000162. The summed E-state index contributed by atoms with van der Waals surface area (Å²) in [4.78, 5) is 4.35. The molecule has 0 radical (unpaired) electrons. The van der Waals surface area contributed by atoms with Crippen molar-refractivity contribution in [3.05, 3.63) is 54.2 Å². The van der Waals surface area contributed by atoms with E-state index in [-0.39, 0.29) is 6.15 Å². The lowest BCUT2D eigenvalue weighted by Gasteiger charge is -2.03. The highest BCUT2D eigenvalue weighted by molar-refractivity contribution is 5.58. The average Bonchev–Trinajstić information content (AvgIpc) is 2.41. The van der Waals surface area contributed by atoms with Crippen LogP contribution in [0.15, 0.2) is 48.7 Å². The van der Waals surface area contributed by atoms with Crippen LogP contribution in [0.3, 0.4) is 0 Å². The number of hydrogen-bond acceptors (Lipinski definition) is 2. The Morgan fingerprint density at radius 1 is 0.944 bits per heavy atom. The number of nitrogens with zero attached hydrogens (tertiary/aromatic N) is 1. The third kappa shape index (κ3) is 3.97. The molecule has 0 amide bonds. The molecule has 2 rings (SSSR count). The maximum absolute atomic E-state index is 4.35. The van der Waals surface area contributed by atoms with Crippen LogP contribution >= 0.6 is 0 Å². The molecule has 1 aromatic carbocycles. The first-order valence-electron chi connectivity index (χ1n) is 6.40. The Labute approximate surface area is 110 Å². The topological polar surface area (TPSA) is 47.9 Å². The molecule has 2 nitrogen and oxygen atoms in total. The first-order chi connectivity index (χ1) is 8.40. The molecule has 0 saturated heterocycles. The van der Waals surface area contributed by atoms with Crippen molar-refractivity contribution in [3.8, 4) is 11.3 Å². The van der Waals surface area contributed by atoms with E-state index in [4.69, 9.17) is 0 Å². The molecule has 3 N–H and O–H groups in total. The number of aromatic nitrogens is 1. The molecule has 2 heteroatoms. The zero-order valence-electron chi connectivity index (χ0n) is 11.1. The van der Waals surface area contributed by atoms with E-state index in [1.54, 1.807) is 0 Å². The minimum Gasteiger partial charge on any atom is -0.344 e. The SMILES string of the molecule is CCCCCc1ccc(-c2ccccn2)cc1.N. The van der Waals surface area contributed by atoms with Crippen molar-refractivity contribution in [2.75, 3.05) is 0 Å². The molecule has 0 spiro atoms. The molecule has 0 aliphatic heterocycles. The Morgan fingerprint density at radius 2 is 1.72 bits per heavy atom. The first kappa shape index (κ1) is 14.4. The van der Waals surface area contributed by atoms with E-state index in [2.05, 4.69) is 36.2 Å². The molecular formula is C16H22N2. The second kappa shape index (κ2) is 7.62. The van der Waals surface area contributed by atoms with Crippen LogP contribution in [0.2, 0.25) is 0 Å². The van der Waals surface area contributed by atoms with Gasteiger partial charge < -0.3 is 6.15 Å². The fourth-order valence-electron chi connectivity index (χ4n) is 1.95. The van der Waals surface area contributed by atoms with Crippen LogP contribution in [-0.4, -0.2) is 4.98 Å². The Morgan fingerprint density at radius 3 is 2.33 bits per heavy atom. The molecule has 18 heavy (non-hydrogen) atoms. The smallest absolute Gasteiger partial charge is 0.0701 e. The zero-order valence-corrected chi connectivity index (χ0v) is 11.1. The molecule has 1 heterocycles. The number of unbranched alkanes of at least 4 members (excludes halogenated alkanes) is 2. The number of benzene rings is 1. The van der Waals surface area contributed by atoms with Gasteiger partial charge in [-0.05, 0) is 30.5 Å². The lowest BCUT2D eigenvalue weighted by Crippen LogP contribution is -1.86. The molecule has 96 valence electrons. The summed E-state index contributed by atoms with van der Waals surface area (Å²) in [6.45, 7) is 2.24. The van der Waals surface area contributed by atoms with Gasteiger partial charge in [0.15, 0.2) is 0 Å². The van der Waals surface area contributed by atoms with E-state index < -0.39 is 0 Å². The van der Waals surface area contributed by atoms with Crippen LogP contribution in [0.5, 0.6) is 0 Å². The zero-order chi connectivity index (χ0) is 11.9. The van der Waals surface area contributed by atoms with E-state index in [0.717, 1.165) is 5.69 Å². The lowest BCUT2D eigenvalue weighted by molar-refractivity contribution is 0.717. The quantitative estimate of drug-likeness (QED) is 0.776. The summed E-state index contributed by atoms with van der Waals surface area (Å²) < 4.78 is 0. The van der Waals surface area contributed by atoms with E-state index in [9.17, 15) is 0 Å². The van der Waals surface area contributed by atoms with Crippen molar-refractivity contribution >= 4 is 0 Å². The monoisotopic (exact) mass is 242 g/mol.